The molecule has 0 saturated heterocycles. The Balaban J connectivity index is 1.94. The predicted octanol–water partition coefficient (Wildman–Crippen LogP) is 4.25. The molecule has 5 heteroatoms. The maximum Gasteiger partial charge on any atom is 0.147 e. The lowest BCUT2D eigenvalue weighted by atomic mass is 9.87. The summed E-state index contributed by atoms with van der Waals surface area (Å²) in [6.45, 7) is 4.59. The quantitative estimate of drug-likeness (QED) is 0.692. The van der Waals surface area contributed by atoms with E-state index in [0.717, 1.165) is 40.6 Å². The molecule has 0 heterocycles. The maximum absolute atomic E-state index is 9.63. The molecule has 1 fully saturated rings. The molecular formula is C16H23Br2NO2. The molecule has 118 valence electrons. The Bertz CT molecular complexity index is 450. The van der Waals surface area contributed by atoms with E-state index < -0.39 is 0 Å². The lowest BCUT2D eigenvalue weighted by Gasteiger charge is -2.26. The number of halogens is 2. The van der Waals surface area contributed by atoms with E-state index >= 15 is 0 Å². The van der Waals surface area contributed by atoms with Gasteiger partial charge in [0.05, 0.1) is 15.6 Å². The summed E-state index contributed by atoms with van der Waals surface area (Å²) < 4.78 is 7.53. The third-order valence-corrected chi connectivity index (χ3v) is 5.35. The van der Waals surface area contributed by atoms with Crippen LogP contribution >= 0.6 is 31.9 Å². The van der Waals surface area contributed by atoms with Crippen LogP contribution in [0, 0.1) is 5.41 Å². The fraction of sp³-hybridized carbons (Fsp3) is 0.625. The molecule has 2 rings (SSSR count). The molecule has 1 aliphatic rings. The van der Waals surface area contributed by atoms with Gasteiger partial charge in [-0.2, -0.15) is 0 Å². The van der Waals surface area contributed by atoms with Crippen LogP contribution in [0.4, 0.5) is 0 Å². The van der Waals surface area contributed by atoms with Gasteiger partial charge in [-0.15, -0.1) is 0 Å². The first-order chi connectivity index (χ1) is 10.1. The number of ether oxygens (including phenoxy) is 1. The lowest BCUT2D eigenvalue weighted by molar-refractivity contribution is 0.128. The Morgan fingerprint density at radius 3 is 2.38 bits per heavy atom. The van der Waals surface area contributed by atoms with Gasteiger partial charge in [-0.1, -0.05) is 12.8 Å². The second-order valence-electron chi connectivity index (χ2n) is 5.79. The van der Waals surface area contributed by atoms with Crippen molar-refractivity contribution in [3.05, 3.63) is 26.6 Å². The maximum atomic E-state index is 9.63. The largest absolute Gasteiger partial charge is 0.492 e. The molecule has 1 aromatic carbocycles. The van der Waals surface area contributed by atoms with Crippen LogP contribution in [-0.2, 0) is 6.54 Å². The van der Waals surface area contributed by atoms with Crippen LogP contribution in [0.15, 0.2) is 21.1 Å². The van der Waals surface area contributed by atoms with Crippen molar-refractivity contribution in [1.29, 1.82) is 0 Å². The van der Waals surface area contributed by atoms with Crippen LogP contribution < -0.4 is 10.1 Å². The molecule has 0 aliphatic heterocycles. The van der Waals surface area contributed by atoms with E-state index in [4.69, 9.17) is 4.74 Å². The molecule has 1 aromatic rings. The second-order valence-corrected chi connectivity index (χ2v) is 7.50. The molecule has 0 unspecified atom stereocenters. The zero-order valence-electron chi connectivity index (χ0n) is 12.4. The average molecular weight is 421 g/mol. The summed E-state index contributed by atoms with van der Waals surface area (Å²) in [6.07, 6.45) is 4.74. The minimum absolute atomic E-state index is 0.0970. The monoisotopic (exact) mass is 419 g/mol. The van der Waals surface area contributed by atoms with E-state index in [1.54, 1.807) is 0 Å². The first-order valence-electron chi connectivity index (χ1n) is 7.52. The topological polar surface area (TPSA) is 41.5 Å². The number of nitrogens with one attached hydrogen (secondary N) is 1. The molecule has 0 aromatic heterocycles. The fourth-order valence-corrected chi connectivity index (χ4v) is 4.49. The number of hydrogen-bond acceptors (Lipinski definition) is 3. The zero-order valence-corrected chi connectivity index (χ0v) is 15.6. The summed E-state index contributed by atoms with van der Waals surface area (Å²) in [7, 11) is 0. The van der Waals surface area contributed by atoms with Gasteiger partial charge in [0.2, 0.25) is 0 Å². The van der Waals surface area contributed by atoms with Crippen molar-refractivity contribution in [2.45, 2.75) is 39.2 Å². The first kappa shape index (κ1) is 17.3. The van der Waals surface area contributed by atoms with Gasteiger partial charge in [0.25, 0.3) is 0 Å². The standard InChI is InChI=1S/C16H23Br2NO2/c1-2-21-15-13(17)7-12(8-14(15)18)9-19-10-16(11-20)5-3-4-6-16/h7-8,19-20H,2-6,9-11H2,1H3. The Morgan fingerprint density at radius 2 is 1.86 bits per heavy atom. The molecule has 21 heavy (non-hydrogen) atoms. The number of rotatable bonds is 7. The number of aliphatic hydroxyl groups excluding tert-OH is 1. The smallest absolute Gasteiger partial charge is 0.147 e. The summed E-state index contributed by atoms with van der Waals surface area (Å²) in [5.41, 5.74) is 1.29. The Morgan fingerprint density at radius 1 is 1.24 bits per heavy atom. The Hall–Kier alpha value is -0.100. The lowest BCUT2D eigenvalue weighted by Crippen LogP contribution is -2.34. The fourth-order valence-electron chi connectivity index (χ4n) is 2.98. The summed E-state index contributed by atoms with van der Waals surface area (Å²) in [4.78, 5) is 0. The van der Waals surface area contributed by atoms with Crippen LogP contribution in [0.2, 0.25) is 0 Å². The van der Waals surface area contributed by atoms with E-state index in [1.807, 2.05) is 6.92 Å². The van der Waals surface area contributed by atoms with Crippen LogP contribution in [0.25, 0.3) is 0 Å². The van der Waals surface area contributed by atoms with Crippen molar-refractivity contribution in [1.82, 2.24) is 5.32 Å². The highest BCUT2D eigenvalue weighted by Crippen LogP contribution is 2.37. The van der Waals surface area contributed by atoms with Gasteiger partial charge < -0.3 is 15.2 Å². The number of hydrogen-bond donors (Lipinski definition) is 2. The van der Waals surface area contributed by atoms with Crippen LogP contribution in [0.5, 0.6) is 5.75 Å². The van der Waals surface area contributed by atoms with Gasteiger partial charge in [-0.25, -0.2) is 0 Å². The summed E-state index contributed by atoms with van der Waals surface area (Å²) >= 11 is 7.12. The van der Waals surface area contributed by atoms with Gasteiger partial charge in [0.1, 0.15) is 5.75 Å². The van der Waals surface area contributed by atoms with E-state index in [9.17, 15) is 5.11 Å². The van der Waals surface area contributed by atoms with Crippen molar-refractivity contribution in [3.63, 3.8) is 0 Å². The Labute approximate surface area is 143 Å². The van der Waals surface area contributed by atoms with Gasteiger partial charge in [0, 0.05) is 25.1 Å². The van der Waals surface area contributed by atoms with Crippen molar-refractivity contribution < 1.29 is 9.84 Å². The predicted molar refractivity (Wildman–Crippen MR) is 92.7 cm³/mol. The van der Waals surface area contributed by atoms with Gasteiger partial charge >= 0.3 is 0 Å². The zero-order chi connectivity index (χ0) is 15.3. The molecule has 1 aliphatic carbocycles. The summed E-state index contributed by atoms with van der Waals surface area (Å²) in [6, 6.07) is 4.17. The van der Waals surface area contributed by atoms with Gasteiger partial charge in [-0.3, -0.25) is 0 Å². The molecule has 0 atom stereocenters. The van der Waals surface area contributed by atoms with Gasteiger partial charge in [-0.05, 0) is 69.3 Å². The van der Waals surface area contributed by atoms with Crippen LogP contribution in [0.1, 0.15) is 38.2 Å². The molecule has 3 nitrogen and oxygen atoms in total. The average Bonchev–Trinajstić information content (AvgIpc) is 2.92. The molecule has 0 spiro atoms. The van der Waals surface area contributed by atoms with Crippen LogP contribution in [0.3, 0.4) is 0 Å². The van der Waals surface area contributed by atoms with Crippen molar-refractivity contribution >= 4 is 31.9 Å². The summed E-state index contributed by atoms with van der Waals surface area (Å²) in [5, 5.41) is 13.1. The van der Waals surface area contributed by atoms with Crippen LogP contribution in [-0.4, -0.2) is 24.9 Å². The van der Waals surface area contributed by atoms with Crippen molar-refractivity contribution in [2.24, 2.45) is 5.41 Å². The highest BCUT2D eigenvalue weighted by molar-refractivity contribution is 9.11. The molecule has 0 radical (unpaired) electrons. The summed E-state index contributed by atoms with van der Waals surface area (Å²) in [5.74, 6) is 0.851. The molecule has 0 amide bonds. The highest BCUT2D eigenvalue weighted by Gasteiger charge is 2.32. The number of aliphatic hydroxyl groups is 1. The van der Waals surface area contributed by atoms with Crippen molar-refractivity contribution in [3.8, 4) is 5.75 Å². The van der Waals surface area contributed by atoms with Gasteiger partial charge in [0.15, 0.2) is 0 Å². The second kappa shape index (κ2) is 7.95. The molecule has 0 bridgehead atoms. The first-order valence-corrected chi connectivity index (χ1v) is 9.11. The molecule has 1 saturated carbocycles. The molecule has 2 N–H and O–H groups in total. The van der Waals surface area contributed by atoms with E-state index in [0.29, 0.717) is 6.61 Å². The highest BCUT2D eigenvalue weighted by atomic mass is 79.9. The minimum Gasteiger partial charge on any atom is -0.492 e. The Kier molecular flexibility index (Phi) is 6.53. The van der Waals surface area contributed by atoms with E-state index in [-0.39, 0.29) is 12.0 Å². The normalized spacial score (nSPS) is 17.1. The third-order valence-electron chi connectivity index (χ3n) is 4.18. The van der Waals surface area contributed by atoms with E-state index in [1.165, 1.54) is 18.4 Å². The molecular weight excluding hydrogens is 398 g/mol. The SMILES string of the molecule is CCOc1c(Br)cc(CNCC2(CO)CCCC2)cc1Br. The third kappa shape index (κ3) is 4.44. The number of benzene rings is 1. The van der Waals surface area contributed by atoms with E-state index in [2.05, 4.69) is 49.3 Å². The minimum atomic E-state index is 0.0970. The van der Waals surface area contributed by atoms with Crippen molar-refractivity contribution in [2.75, 3.05) is 19.8 Å².